The van der Waals surface area contributed by atoms with E-state index in [1.165, 1.54) is 13.2 Å². The summed E-state index contributed by atoms with van der Waals surface area (Å²) in [5.74, 6) is -1.35. The molecule has 29 heavy (non-hydrogen) atoms. The molecule has 3 aromatic carbocycles. The molecule has 0 radical (unpaired) electrons. The van der Waals surface area contributed by atoms with Gasteiger partial charge in [0.05, 0.1) is 12.7 Å². The van der Waals surface area contributed by atoms with Gasteiger partial charge in [0.1, 0.15) is 11.8 Å². The van der Waals surface area contributed by atoms with Crippen molar-refractivity contribution in [1.82, 2.24) is 5.32 Å². The molecule has 0 aliphatic carbocycles. The average molecular weight is 410 g/mol. The number of benzene rings is 3. The van der Waals surface area contributed by atoms with Crippen LogP contribution in [-0.2, 0) is 11.2 Å². The summed E-state index contributed by atoms with van der Waals surface area (Å²) < 4.78 is 5.17. The molecule has 0 fully saturated rings. The molecule has 0 spiro atoms. The van der Waals surface area contributed by atoms with Crippen molar-refractivity contribution in [3.8, 4) is 16.9 Å². The molecule has 0 heterocycles. The Hall–Kier alpha value is -3.31. The Morgan fingerprint density at radius 1 is 1.00 bits per heavy atom. The van der Waals surface area contributed by atoms with Gasteiger partial charge in [-0.3, -0.25) is 4.79 Å². The third-order valence-electron chi connectivity index (χ3n) is 4.51. The van der Waals surface area contributed by atoms with Crippen molar-refractivity contribution in [3.05, 3.63) is 88.9 Å². The maximum absolute atomic E-state index is 12.6. The third kappa shape index (κ3) is 5.15. The number of methoxy groups -OCH3 is 1. The molecule has 2 N–H and O–H groups in total. The fourth-order valence-corrected chi connectivity index (χ4v) is 3.17. The van der Waals surface area contributed by atoms with Crippen molar-refractivity contribution in [2.75, 3.05) is 7.11 Å². The van der Waals surface area contributed by atoms with Crippen LogP contribution < -0.4 is 10.1 Å². The number of halogens is 1. The molecule has 0 aromatic heterocycles. The van der Waals surface area contributed by atoms with Crippen LogP contribution in [0.2, 0.25) is 5.02 Å². The highest BCUT2D eigenvalue weighted by molar-refractivity contribution is 6.31. The van der Waals surface area contributed by atoms with Crippen molar-refractivity contribution in [2.45, 2.75) is 12.5 Å². The van der Waals surface area contributed by atoms with Crippen molar-refractivity contribution in [3.63, 3.8) is 0 Å². The molecule has 0 aliphatic rings. The number of nitrogens with one attached hydrogen (secondary N) is 1. The summed E-state index contributed by atoms with van der Waals surface area (Å²) in [5, 5.41) is 12.5. The van der Waals surface area contributed by atoms with Crippen LogP contribution in [-0.4, -0.2) is 30.1 Å². The van der Waals surface area contributed by atoms with E-state index < -0.39 is 17.9 Å². The molecule has 3 aromatic rings. The molecule has 0 saturated heterocycles. The first-order chi connectivity index (χ1) is 14.0. The number of carbonyl (C=O) groups is 2. The minimum atomic E-state index is -1.12. The quantitative estimate of drug-likeness (QED) is 0.604. The smallest absolute Gasteiger partial charge is 0.326 e. The van der Waals surface area contributed by atoms with Crippen molar-refractivity contribution >= 4 is 23.5 Å². The lowest BCUT2D eigenvalue weighted by atomic mass is 10.0. The van der Waals surface area contributed by atoms with E-state index in [1.807, 2.05) is 54.6 Å². The molecular formula is C23H20ClNO4. The van der Waals surface area contributed by atoms with E-state index in [0.717, 1.165) is 16.7 Å². The Bertz CT molecular complexity index is 1000. The zero-order valence-corrected chi connectivity index (χ0v) is 16.5. The Kier molecular flexibility index (Phi) is 6.52. The van der Waals surface area contributed by atoms with E-state index in [0.29, 0.717) is 10.8 Å². The van der Waals surface area contributed by atoms with E-state index in [2.05, 4.69) is 5.32 Å². The van der Waals surface area contributed by atoms with Gasteiger partial charge in [-0.05, 0) is 34.9 Å². The Balaban J connectivity index is 1.75. The first kappa shape index (κ1) is 20.4. The third-order valence-corrected chi connectivity index (χ3v) is 4.75. The number of amides is 1. The summed E-state index contributed by atoms with van der Waals surface area (Å²) in [7, 11) is 1.43. The summed E-state index contributed by atoms with van der Waals surface area (Å²) >= 11 is 5.96. The van der Waals surface area contributed by atoms with Crippen LogP contribution in [0.25, 0.3) is 11.1 Å². The van der Waals surface area contributed by atoms with Gasteiger partial charge in [0.2, 0.25) is 0 Å². The maximum Gasteiger partial charge on any atom is 0.326 e. The van der Waals surface area contributed by atoms with Crippen molar-refractivity contribution in [1.29, 1.82) is 0 Å². The van der Waals surface area contributed by atoms with Crippen molar-refractivity contribution in [2.24, 2.45) is 0 Å². The zero-order valence-electron chi connectivity index (χ0n) is 15.8. The highest BCUT2D eigenvalue weighted by atomic mass is 35.5. The van der Waals surface area contributed by atoms with Gasteiger partial charge in [-0.2, -0.15) is 0 Å². The van der Waals surface area contributed by atoms with Crippen LogP contribution in [0.3, 0.4) is 0 Å². The highest BCUT2D eigenvalue weighted by Crippen LogP contribution is 2.23. The predicted octanol–water partition coefficient (Wildman–Crippen LogP) is 4.44. The fourth-order valence-electron chi connectivity index (χ4n) is 2.99. The van der Waals surface area contributed by atoms with E-state index >= 15 is 0 Å². The minimum Gasteiger partial charge on any atom is -0.496 e. The molecule has 0 bridgehead atoms. The Labute approximate surface area is 173 Å². The van der Waals surface area contributed by atoms with Gasteiger partial charge in [0, 0.05) is 11.4 Å². The number of carboxylic acid groups (broad SMARTS) is 1. The maximum atomic E-state index is 12.6. The number of rotatable bonds is 7. The van der Waals surface area contributed by atoms with E-state index in [-0.39, 0.29) is 12.0 Å². The molecule has 3 rings (SSSR count). The molecule has 6 heteroatoms. The van der Waals surface area contributed by atoms with Crippen molar-refractivity contribution < 1.29 is 19.4 Å². The van der Waals surface area contributed by atoms with Crippen LogP contribution in [0.4, 0.5) is 0 Å². The van der Waals surface area contributed by atoms with E-state index in [4.69, 9.17) is 16.3 Å². The average Bonchev–Trinajstić information content (AvgIpc) is 2.74. The fraction of sp³-hybridized carbons (Fsp3) is 0.130. The zero-order chi connectivity index (χ0) is 20.8. The first-order valence-electron chi connectivity index (χ1n) is 8.99. The predicted molar refractivity (Wildman–Crippen MR) is 112 cm³/mol. The lowest BCUT2D eigenvalue weighted by Crippen LogP contribution is -2.42. The summed E-state index contributed by atoms with van der Waals surface area (Å²) in [6, 6.07) is 21.0. The molecule has 1 amide bonds. The number of hydrogen-bond acceptors (Lipinski definition) is 3. The van der Waals surface area contributed by atoms with Crippen LogP contribution in [0.1, 0.15) is 15.9 Å². The second-order valence-corrected chi connectivity index (χ2v) is 6.91. The molecule has 0 saturated carbocycles. The topological polar surface area (TPSA) is 75.6 Å². The summed E-state index contributed by atoms with van der Waals surface area (Å²) in [6.07, 6.45) is 0.152. The van der Waals surface area contributed by atoms with Crippen LogP contribution in [0.15, 0.2) is 72.8 Å². The van der Waals surface area contributed by atoms with E-state index in [9.17, 15) is 14.7 Å². The first-order valence-corrected chi connectivity index (χ1v) is 9.37. The Morgan fingerprint density at radius 2 is 1.66 bits per heavy atom. The monoisotopic (exact) mass is 409 g/mol. The standard InChI is InChI=1S/C23H20ClNO4/c1-29-21-12-11-18(24)14-19(21)22(26)25-20(23(27)28)13-15-7-9-17(10-8-15)16-5-3-2-4-6-16/h2-12,14,20H,13H2,1H3,(H,25,26)(H,27,28). The number of carbonyl (C=O) groups excluding carboxylic acids is 1. The van der Waals surface area contributed by atoms with Gasteiger partial charge < -0.3 is 15.2 Å². The lowest BCUT2D eigenvalue weighted by Gasteiger charge is -2.16. The number of ether oxygens (including phenoxy) is 1. The van der Waals surface area contributed by atoms with Gasteiger partial charge in [-0.15, -0.1) is 0 Å². The number of carboxylic acids is 1. The Morgan fingerprint density at radius 3 is 2.28 bits per heavy atom. The molecule has 1 atom stereocenters. The van der Waals surface area contributed by atoms with Crippen LogP contribution in [0, 0.1) is 0 Å². The summed E-state index contributed by atoms with van der Waals surface area (Å²) in [6.45, 7) is 0. The second kappa shape index (κ2) is 9.26. The summed E-state index contributed by atoms with van der Waals surface area (Å²) in [5.41, 5.74) is 3.10. The summed E-state index contributed by atoms with van der Waals surface area (Å²) in [4.78, 5) is 24.3. The number of hydrogen-bond donors (Lipinski definition) is 2. The minimum absolute atomic E-state index is 0.152. The van der Waals surface area contributed by atoms with E-state index in [1.54, 1.807) is 12.1 Å². The normalized spacial score (nSPS) is 11.5. The van der Waals surface area contributed by atoms with Gasteiger partial charge in [-0.25, -0.2) is 4.79 Å². The van der Waals surface area contributed by atoms with Gasteiger partial charge in [0.25, 0.3) is 5.91 Å². The van der Waals surface area contributed by atoms with Crippen LogP contribution >= 0.6 is 11.6 Å². The molecule has 5 nitrogen and oxygen atoms in total. The largest absolute Gasteiger partial charge is 0.496 e. The van der Waals surface area contributed by atoms with Gasteiger partial charge >= 0.3 is 5.97 Å². The highest BCUT2D eigenvalue weighted by Gasteiger charge is 2.23. The molecule has 0 aliphatic heterocycles. The van der Waals surface area contributed by atoms with Gasteiger partial charge in [-0.1, -0.05) is 66.2 Å². The second-order valence-electron chi connectivity index (χ2n) is 6.48. The molecule has 1 unspecified atom stereocenters. The SMILES string of the molecule is COc1ccc(Cl)cc1C(=O)NC(Cc1ccc(-c2ccccc2)cc1)C(=O)O. The lowest BCUT2D eigenvalue weighted by molar-refractivity contribution is -0.139. The van der Waals surface area contributed by atoms with Crippen LogP contribution in [0.5, 0.6) is 5.75 Å². The molecular weight excluding hydrogens is 390 g/mol. The van der Waals surface area contributed by atoms with Gasteiger partial charge in [0.15, 0.2) is 0 Å². The number of aliphatic carboxylic acids is 1. The molecule has 148 valence electrons.